The molecule has 4 aromatic rings. The largest absolute Gasteiger partial charge is 0.290 e. The van der Waals surface area contributed by atoms with Crippen LogP contribution in [0.3, 0.4) is 0 Å². The lowest BCUT2D eigenvalue weighted by molar-refractivity contribution is 0.0643. The van der Waals surface area contributed by atoms with Crippen LogP contribution in [0.1, 0.15) is 58.0 Å². The van der Waals surface area contributed by atoms with Crippen molar-refractivity contribution in [2.45, 2.75) is 62.7 Å². The summed E-state index contributed by atoms with van der Waals surface area (Å²) in [6.07, 6.45) is 9.13. The molecule has 0 amide bonds. The number of halogens is 1. The molecule has 2 fully saturated rings. The minimum atomic E-state index is -4.13. The van der Waals surface area contributed by atoms with Gasteiger partial charge in [0.2, 0.25) is 5.78 Å². The number of thiazole rings is 1. The number of nitriles is 1. The minimum absolute atomic E-state index is 0.136. The van der Waals surface area contributed by atoms with Gasteiger partial charge in [-0.15, -0.1) is 16.4 Å². The zero-order chi connectivity index (χ0) is 30.8. The second kappa shape index (κ2) is 10.5. The van der Waals surface area contributed by atoms with Gasteiger partial charge in [0.1, 0.15) is 12.1 Å². The topological polar surface area (TPSA) is 140 Å². The molecule has 0 aliphatic heterocycles. The molecule has 44 heavy (non-hydrogen) atoms. The number of rotatable bonds is 7. The van der Waals surface area contributed by atoms with Crippen molar-refractivity contribution in [3.8, 4) is 11.8 Å². The molecule has 0 spiro atoms. The first-order valence-corrected chi connectivity index (χ1v) is 16.6. The Balaban J connectivity index is 1.32. The lowest BCUT2D eigenvalue weighted by atomic mass is 9.60. The quantitative estimate of drug-likeness (QED) is 0.276. The molecule has 11 nitrogen and oxygen atoms in total. The summed E-state index contributed by atoms with van der Waals surface area (Å²) in [6, 6.07) is 7.42. The van der Waals surface area contributed by atoms with Gasteiger partial charge in [0.05, 0.1) is 29.1 Å². The van der Waals surface area contributed by atoms with Crippen molar-refractivity contribution in [3.05, 3.63) is 75.5 Å². The van der Waals surface area contributed by atoms with Crippen LogP contribution in [-0.2, 0) is 23.5 Å². The molecular formula is C30H29FN8O3S2. The Kier molecular flexibility index (Phi) is 6.87. The Morgan fingerprint density at radius 2 is 1.95 bits per heavy atom. The maximum atomic E-state index is 14.5. The molecule has 3 aliphatic rings. The smallest absolute Gasteiger partial charge is 0.282 e. The Morgan fingerprint density at radius 3 is 2.61 bits per heavy atom. The van der Waals surface area contributed by atoms with Gasteiger partial charge in [-0.1, -0.05) is 5.57 Å². The van der Waals surface area contributed by atoms with E-state index in [1.165, 1.54) is 38.8 Å². The molecule has 3 aliphatic carbocycles. The molecule has 226 valence electrons. The van der Waals surface area contributed by atoms with E-state index in [-0.39, 0.29) is 29.1 Å². The van der Waals surface area contributed by atoms with Crippen molar-refractivity contribution in [2.75, 3.05) is 0 Å². The summed E-state index contributed by atoms with van der Waals surface area (Å²) in [5.41, 5.74) is 2.22. The Hall–Kier alpha value is -4.06. The highest BCUT2D eigenvalue weighted by atomic mass is 32.2. The third kappa shape index (κ3) is 4.61. The molecule has 2 saturated carbocycles. The van der Waals surface area contributed by atoms with Crippen LogP contribution in [0, 0.1) is 35.4 Å². The van der Waals surface area contributed by atoms with Crippen LogP contribution in [0.15, 0.2) is 53.7 Å². The minimum Gasteiger partial charge on any atom is -0.290 e. The van der Waals surface area contributed by atoms with Crippen molar-refractivity contribution in [3.63, 3.8) is 0 Å². The van der Waals surface area contributed by atoms with E-state index >= 15 is 0 Å². The molecule has 3 heterocycles. The van der Waals surface area contributed by atoms with Crippen LogP contribution in [-0.4, -0.2) is 60.1 Å². The first-order valence-electron chi connectivity index (χ1n) is 14.4. The van der Waals surface area contributed by atoms with Gasteiger partial charge in [0, 0.05) is 36.1 Å². The van der Waals surface area contributed by atoms with Crippen LogP contribution < -0.4 is 0 Å². The first-order chi connectivity index (χ1) is 21.1. The van der Waals surface area contributed by atoms with Gasteiger partial charge in [0.25, 0.3) is 15.2 Å². The zero-order valence-electron chi connectivity index (χ0n) is 24.1. The third-order valence-electron chi connectivity index (χ3n) is 9.06. The van der Waals surface area contributed by atoms with Gasteiger partial charge >= 0.3 is 0 Å². The summed E-state index contributed by atoms with van der Waals surface area (Å²) in [5, 5.41) is 18.3. The van der Waals surface area contributed by atoms with Crippen LogP contribution in [0.5, 0.6) is 0 Å². The van der Waals surface area contributed by atoms with Crippen molar-refractivity contribution in [2.24, 2.45) is 18.4 Å². The number of aromatic nitrogens is 6. The number of Topliss-reactive ketones (excluding diaryl/α,β-unsaturated/α-hetero) is 1. The number of nitrogens with zero attached hydrogens (tertiary/aromatic N) is 8. The van der Waals surface area contributed by atoms with E-state index in [1.807, 2.05) is 13.0 Å². The van der Waals surface area contributed by atoms with Crippen molar-refractivity contribution in [1.29, 1.82) is 5.26 Å². The van der Waals surface area contributed by atoms with Crippen LogP contribution >= 0.6 is 11.3 Å². The SMILES string of the molecule is Cc1cnc(C(=O)[C@]23Cc4cnn(-c5ccc(F)cc5)c4C=C2CC[C@H](N(C2CC(C#N)C2)S(=O)(=O)c2ncn(C)n2)C3)s1. The van der Waals surface area contributed by atoms with E-state index in [2.05, 4.69) is 26.2 Å². The van der Waals surface area contributed by atoms with Gasteiger partial charge < -0.3 is 0 Å². The standard InChI is InChI=1S/C30H29FN8O3S2/c1-18-15-33-28(43-18)27(40)30-12-20-16-35-38(23-7-4-22(31)5-8-23)26(20)11-21(30)3-6-24(13-30)39(25-9-19(10-25)14-32)44(41,42)29-34-17-37(2)36-29/h4-5,7-8,11,15-17,19,24-25H,3,6,9-10,12-13H2,1-2H3/t19?,24-,25?,30-/m0/s1. The van der Waals surface area contributed by atoms with E-state index in [1.54, 1.807) is 36.3 Å². The van der Waals surface area contributed by atoms with Gasteiger partial charge in [-0.05, 0) is 81.4 Å². The number of fused-ring (bicyclic) bond motifs is 2. The second-order valence-electron chi connectivity index (χ2n) is 11.9. The molecule has 0 saturated heterocycles. The van der Waals surface area contributed by atoms with Gasteiger partial charge in [-0.25, -0.2) is 27.5 Å². The summed E-state index contributed by atoms with van der Waals surface area (Å²) < 4.78 is 46.5. The average Bonchev–Trinajstić information content (AvgIpc) is 3.73. The van der Waals surface area contributed by atoms with Crippen molar-refractivity contribution in [1.82, 2.24) is 33.8 Å². The fraction of sp³-hybridized carbons (Fsp3) is 0.400. The van der Waals surface area contributed by atoms with Crippen LogP contribution in [0.25, 0.3) is 11.8 Å². The Bertz CT molecular complexity index is 1950. The molecule has 1 aromatic carbocycles. The van der Waals surface area contributed by atoms with E-state index in [4.69, 9.17) is 0 Å². The fourth-order valence-electron chi connectivity index (χ4n) is 6.88. The Labute approximate surface area is 257 Å². The summed E-state index contributed by atoms with van der Waals surface area (Å²) in [7, 11) is -2.52. The van der Waals surface area contributed by atoms with E-state index in [9.17, 15) is 22.9 Å². The number of hydrogen-bond donors (Lipinski definition) is 0. The fourth-order valence-corrected chi connectivity index (χ4v) is 9.42. The number of benzene rings is 1. The highest BCUT2D eigenvalue weighted by molar-refractivity contribution is 7.89. The molecule has 7 rings (SSSR count). The number of aryl methyl sites for hydroxylation is 2. The third-order valence-corrected chi connectivity index (χ3v) is 11.8. The van der Waals surface area contributed by atoms with Crippen molar-refractivity contribution >= 4 is 33.2 Å². The molecule has 2 atom stereocenters. The molecule has 3 aromatic heterocycles. The molecular weight excluding hydrogens is 604 g/mol. The predicted octanol–water partition coefficient (Wildman–Crippen LogP) is 4.26. The molecule has 0 unspecified atom stereocenters. The lowest BCUT2D eigenvalue weighted by Gasteiger charge is -2.49. The highest BCUT2D eigenvalue weighted by Gasteiger charge is 2.54. The Morgan fingerprint density at radius 1 is 1.18 bits per heavy atom. The summed E-state index contributed by atoms with van der Waals surface area (Å²) in [5.74, 6) is -0.705. The maximum Gasteiger partial charge on any atom is 0.282 e. The normalized spacial score (nSPS) is 24.6. The molecule has 0 radical (unpaired) electrons. The monoisotopic (exact) mass is 632 g/mol. The summed E-state index contributed by atoms with van der Waals surface area (Å²) >= 11 is 1.33. The predicted molar refractivity (Wildman–Crippen MR) is 159 cm³/mol. The molecule has 14 heteroatoms. The summed E-state index contributed by atoms with van der Waals surface area (Å²) in [6.45, 7) is 1.90. The average molecular weight is 633 g/mol. The number of hydrogen-bond acceptors (Lipinski definition) is 9. The molecule has 0 bridgehead atoms. The highest BCUT2D eigenvalue weighted by Crippen LogP contribution is 2.53. The first kappa shape index (κ1) is 28.7. The van der Waals surface area contributed by atoms with Gasteiger partial charge in [0.15, 0.2) is 5.01 Å². The maximum absolute atomic E-state index is 14.5. The lowest BCUT2D eigenvalue weighted by Crippen LogP contribution is -2.56. The van der Waals surface area contributed by atoms with Gasteiger partial charge in [-0.2, -0.15) is 14.7 Å². The molecule has 0 N–H and O–H groups in total. The number of carbonyl (C=O) groups is 1. The zero-order valence-corrected chi connectivity index (χ0v) is 25.7. The number of ketones is 1. The number of carbonyl (C=O) groups excluding carboxylic acids is 1. The summed E-state index contributed by atoms with van der Waals surface area (Å²) in [4.78, 5) is 24.0. The van der Waals surface area contributed by atoms with E-state index in [0.717, 1.165) is 21.7 Å². The van der Waals surface area contributed by atoms with Crippen LogP contribution in [0.4, 0.5) is 4.39 Å². The second-order valence-corrected chi connectivity index (χ2v) is 14.8. The van der Waals surface area contributed by atoms with E-state index in [0.29, 0.717) is 42.8 Å². The van der Waals surface area contributed by atoms with E-state index < -0.39 is 27.5 Å². The number of sulfonamides is 1. The van der Waals surface area contributed by atoms with Crippen LogP contribution in [0.2, 0.25) is 0 Å². The van der Waals surface area contributed by atoms with Crippen molar-refractivity contribution < 1.29 is 17.6 Å². The number of allylic oxidation sites excluding steroid dienone is 1. The van der Waals surface area contributed by atoms with Gasteiger partial charge in [-0.3, -0.25) is 9.48 Å².